The van der Waals surface area contributed by atoms with Gasteiger partial charge in [-0.1, -0.05) is 0 Å². The van der Waals surface area contributed by atoms with E-state index < -0.39 is 0 Å². The van der Waals surface area contributed by atoms with Crippen LogP contribution in [0.3, 0.4) is 0 Å². The Morgan fingerprint density at radius 2 is 2.14 bits per heavy atom. The molecule has 6 heteroatoms. The Bertz CT molecular complexity index is 552. The number of carbonyl (C=O) groups is 2. The molecule has 1 unspecified atom stereocenters. The molecule has 0 aliphatic carbocycles. The number of anilines is 2. The molecule has 0 bridgehead atoms. The highest BCUT2D eigenvalue weighted by Gasteiger charge is 2.33. The molecule has 118 valence electrons. The quantitative estimate of drug-likeness (QED) is 0.915. The summed E-state index contributed by atoms with van der Waals surface area (Å²) in [6, 6.07) is 3.83. The SMILES string of the molecule is CCN1CC(C(=O)Nc2ccc(N3CCCC3)nc2)CC1=O. The Morgan fingerprint density at radius 1 is 1.36 bits per heavy atom. The number of nitrogens with one attached hydrogen (secondary N) is 1. The fraction of sp³-hybridized carbons (Fsp3) is 0.562. The molecule has 1 aromatic heterocycles. The predicted molar refractivity (Wildman–Crippen MR) is 84.7 cm³/mol. The molecular formula is C16H22N4O2. The first kappa shape index (κ1) is 14.8. The number of rotatable bonds is 4. The van der Waals surface area contributed by atoms with Crippen LogP contribution >= 0.6 is 0 Å². The van der Waals surface area contributed by atoms with Crippen molar-refractivity contribution in [3.05, 3.63) is 18.3 Å². The molecule has 0 spiro atoms. The van der Waals surface area contributed by atoms with Crippen LogP contribution in [0.1, 0.15) is 26.2 Å². The first-order valence-corrected chi connectivity index (χ1v) is 7.97. The van der Waals surface area contributed by atoms with E-state index >= 15 is 0 Å². The smallest absolute Gasteiger partial charge is 0.229 e. The van der Waals surface area contributed by atoms with Gasteiger partial charge in [0.1, 0.15) is 5.82 Å². The van der Waals surface area contributed by atoms with E-state index in [1.165, 1.54) is 12.8 Å². The number of hydrogen-bond acceptors (Lipinski definition) is 4. The lowest BCUT2D eigenvalue weighted by Gasteiger charge is -2.17. The molecule has 1 aromatic rings. The van der Waals surface area contributed by atoms with E-state index in [1.54, 1.807) is 11.1 Å². The molecule has 1 atom stereocenters. The van der Waals surface area contributed by atoms with Gasteiger partial charge >= 0.3 is 0 Å². The fourth-order valence-electron chi connectivity index (χ4n) is 3.09. The zero-order valence-corrected chi connectivity index (χ0v) is 12.9. The summed E-state index contributed by atoms with van der Waals surface area (Å²) in [7, 11) is 0. The van der Waals surface area contributed by atoms with Crippen molar-refractivity contribution in [3.63, 3.8) is 0 Å². The van der Waals surface area contributed by atoms with Gasteiger partial charge in [-0.15, -0.1) is 0 Å². The largest absolute Gasteiger partial charge is 0.357 e. The summed E-state index contributed by atoms with van der Waals surface area (Å²) in [4.78, 5) is 32.3. The van der Waals surface area contributed by atoms with Crippen LogP contribution in [-0.2, 0) is 9.59 Å². The van der Waals surface area contributed by atoms with Crippen molar-refractivity contribution in [1.29, 1.82) is 0 Å². The van der Waals surface area contributed by atoms with Gasteiger partial charge in [-0.3, -0.25) is 9.59 Å². The first-order chi connectivity index (χ1) is 10.7. The van der Waals surface area contributed by atoms with Gasteiger partial charge < -0.3 is 15.1 Å². The molecular weight excluding hydrogens is 280 g/mol. The number of amides is 2. The van der Waals surface area contributed by atoms with Crippen LogP contribution in [-0.4, -0.2) is 47.9 Å². The van der Waals surface area contributed by atoms with Crippen molar-refractivity contribution >= 4 is 23.3 Å². The summed E-state index contributed by atoms with van der Waals surface area (Å²) in [6.45, 7) is 5.21. The highest BCUT2D eigenvalue weighted by atomic mass is 16.2. The molecule has 3 heterocycles. The maximum absolute atomic E-state index is 12.2. The van der Waals surface area contributed by atoms with E-state index in [1.807, 2.05) is 19.1 Å². The normalized spacial score (nSPS) is 21.5. The van der Waals surface area contributed by atoms with Crippen molar-refractivity contribution in [2.45, 2.75) is 26.2 Å². The van der Waals surface area contributed by atoms with E-state index in [0.717, 1.165) is 18.9 Å². The van der Waals surface area contributed by atoms with Crippen LogP contribution in [0.5, 0.6) is 0 Å². The van der Waals surface area contributed by atoms with Crippen LogP contribution in [0.15, 0.2) is 18.3 Å². The van der Waals surface area contributed by atoms with E-state index in [-0.39, 0.29) is 17.7 Å². The molecule has 0 aromatic carbocycles. The maximum atomic E-state index is 12.2. The van der Waals surface area contributed by atoms with Crippen molar-refractivity contribution in [2.75, 3.05) is 36.4 Å². The number of likely N-dealkylation sites (tertiary alicyclic amines) is 1. The molecule has 2 aliphatic rings. The van der Waals surface area contributed by atoms with E-state index in [9.17, 15) is 9.59 Å². The van der Waals surface area contributed by atoms with E-state index in [2.05, 4.69) is 15.2 Å². The lowest BCUT2D eigenvalue weighted by molar-refractivity contribution is -0.128. The molecule has 2 amide bonds. The lowest BCUT2D eigenvalue weighted by atomic mass is 10.1. The highest BCUT2D eigenvalue weighted by Crippen LogP contribution is 2.21. The second-order valence-electron chi connectivity index (χ2n) is 5.92. The second-order valence-corrected chi connectivity index (χ2v) is 5.92. The van der Waals surface area contributed by atoms with Crippen molar-refractivity contribution in [2.24, 2.45) is 5.92 Å². The average Bonchev–Trinajstić information content (AvgIpc) is 3.17. The standard InChI is InChI=1S/C16H22N4O2/c1-2-19-11-12(9-15(19)21)16(22)18-13-5-6-14(17-10-13)20-7-3-4-8-20/h5-6,10,12H,2-4,7-9,11H2,1H3,(H,18,22). The van der Waals surface area contributed by atoms with Crippen LogP contribution in [0.4, 0.5) is 11.5 Å². The lowest BCUT2D eigenvalue weighted by Crippen LogP contribution is -2.28. The second kappa shape index (κ2) is 6.34. The molecule has 2 saturated heterocycles. The van der Waals surface area contributed by atoms with Crippen molar-refractivity contribution in [3.8, 4) is 0 Å². The number of carbonyl (C=O) groups excluding carboxylic acids is 2. The summed E-state index contributed by atoms with van der Waals surface area (Å²) in [5.74, 6) is 0.666. The summed E-state index contributed by atoms with van der Waals surface area (Å²) >= 11 is 0. The Morgan fingerprint density at radius 3 is 2.73 bits per heavy atom. The number of aromatic nitrogens is 1. The van der Waals surface area contributed by atoms with E-state index in [4.69, 9.17) is 0 Å². The fourth-order valence-corrected chi connectivity index (χ4v) is 3.09. The first-order valence-electron chi connectivity index (χ1n) is 7.97. The predicted octanol–water partition coefficient (Wildman–Crippen LogP) is 1.49. The topological polar surface area (TPSA) is 65.5 Å². The van der Waals surface area contributed by atoms with Gasteiger partial charge in [0.25, 0.3) is 0 Å². The third kappa shape index (κ3) is 3.05. The zero-order valence-electron chi connectivity index (χ0n) is 12.9. The molecule has 6 nitrogen and oxygen atoms in total. The Labute approximate surface area is 130 Å². The summed E-state index contributed by atoms with van der Waals surface area (Å²) in [5, 5.41) is 2.87. The Kier molecular flexibility index (Phi) is 4.27. The molecule has 1 N–H and O–H groups in total. The van der Waals surface area contributed by atoms with Crippen LogP contribution in [0, 0.1) is 5.92 Å². The summed E-state index contributed by atoms with van der Waals surface area (Å²) in [5.41, 5.74) is 0.690. The van der Waals surface area contributed by atoms with Gasteiger partial charge in [0.15, 0.2) is 0 Å². The Hall–Kier alpha value is -2.11. The minimum absolute atomic E-state index is 0.0603. The number of nitrogens with zero attached hydrogens (tertiary/aromatic N) is 3. The van der Waals surface area contributed by atoms with Crippen LogP contribution in [0.25, 0.3) is 0 Å². The van der Waals surface area contributed by atoms with Gasteiger partial charge in [0, 0.05) is 32.6 Å². The van der Waals surface area contributed by atoms with Crippen LogP contribution in [0.2, 0.25) is 0 Å². The average molecular weight is 302 g/mol. The third-order valence-corrected chi connectivity index (χ3v) is 4.41. The molecule has 2 aliphatic heterocycles. The summed E-state index contributed by atoms with van der Waals surface area (Å²) < 4.78 is 0. The molecule has 3 rings (SSSR count). The van der Waals surface area contributed by atoms with E-state index in [0.29, 0.717) is 25.2 Å². The third-order valence-electron chi connectivity index (χ3n) is 4.41. The molecule has 22 heavy (non-hydrogen) atoms. The van der Waals surface area contributed by atoms with Crippen molar-refractivity contribution < 1.29 is 9.59 Å². The van der Waals surface area contributed by atoms with Gasteiger partial charge in [-0.2, -0.15) is 0 Å². The maximum Gasteiger partial charge on any atom is 0.229 e. The van der Waals surface area contributed by atoms with Gasteiger partial charge in [-0.25, -0.2) is 4.98 Å². The zero-order chi connectivity index (χ0) is 15.5. The minimum Gasteiger partial charge on any atom is -0.357 e. The van der Waals surface area contributed by atoms with Gasteiger partial charge in [-0.05, 0) is 31.9 Å². The molecule has 0 radical (unpaired) electrons. The number of pyridine rings is 1. The highest BCUT2D eigenvalue weighted by molar-refractivity contribution is 5.97. The monoisotopic (exact) mass is 302 g/mol. The summed E-state index contributed by atoms with van der Waals surface area (Å²) in [6.07, 6.45) is 4.42. The van der Waals surface area contributed by atoms with Crippen LogP contribution < -0.4 is 10.2 Å². The Balaban J connectivity index is 1.58. The van der Waals surface area contributed by atoms with Gasteiger partial charge in [0.2, 0.25) is 11.8 Å². The minimum atomic E-state index is -0.259. The molecule has 0 saturated carbocycles. The number of hydrogen-bond donors (Lipinski definition) is 1. The van der Waals surface area contributed by atoms with Gasteiger partial charge in [0.05, 0.1) is 17.8 Å². The van der Waals surface area contributed by atoms with Crippen molar-refractivity contribution in [1.82, 2.24) is 9.88 Å². The molecule has 2 fully saturated rings.